The highest BCUT2D eigenvalue weighted by Gasteiger charge is 2.37. The molecule has 13 heteroatoms. The van der Waals surface area contributed by atoms with Crippen molar-refractivity contribution in [3.05, 3.63) is 23.8 Å². The molecule has 1 fully saturated rings. The average Bonchev–Trinajstić information content (AvgIpc) is 2.89. The van der Waals surface area contributed by atoms with E-state index in [1.54, 1.807) is 26.0 Å². The highest BCUT2D eigenvalue weighted by Crippen LogP contribution is 2.31. The molecule has 1 aliphatic heterocycles. The molecule has 0 saturated carbocycles. The molecule has 1 heterocycles. The third kappa shape index (κ3) is 8.38. The summed E-state index contributed by atoms with van der Waals surface area (Å²) in [5, 5.41) is 32.0. The van der Waals surface area contributed by atoms with Gasteiger partial charge < -0.3 is 44.6 Å². The molecule has 4 N–H and O–H groups in total. The fourth-order valence-corrected chi connectivity index (χ4v) is 3.51. The van der Waals surface area contributed by atoms with Gasteiger partial charge in [-0.15, -0.1) is 0 Å². The third-order valence-electron chi connectivity index (χ3n) is 6.22. The first-order valence-electron chi connectivity index (χ1n) is 12.2. The van der Waals surface area contributed by atoms with E-state index in [4.69, 9.17) is 14.2 Å². The predicted molar refractivity (Wildman–Crippen MR) is 134 cm³/mol. The van der Waals surface area contributed by atoms with Crippen LogP contribution in [0.1, 0.15) is 39.2 Å². The normalized spacial score (nSPS) is 21.7. The van der Waals surface area contributed by atoms with E-state index < -0.39 is 49.3 Å². The number of benzene rings is 1. The lowest BCUT2D eigenvalue weighted by molar-refractivity contribution is -0.229. The largest absolute Gasteiger partial charge is 0.463 e. The zero-order valence-corrected chi connectivity index (χ0v) is 22.2. The minimum atomic E-state index is -1.26. The number of ether oxygens (including phenoxy) is 3. The van der Waals surface area contributed by atoms with Crippen molar-refractivity contribution in [3.8, 4) is 5.75 Å². The van der Waals surface area contributed by atoms with Crippen molar-refractivity contribution in [2.24, 2.45) is 0 Å². The van der Waals surface area contributed by atoms with Crippen LogP contribution in [0, 0.1) is 0 Å². The Bertz CT molecular complexity index is 1000. The average molecular weight is 540 g/mol. The SMILES string of the molecule is CCC(=O)Nc1cc(COC(=O)N(C)CC(=O)N(C)[C@@H](C)C(C)=O)ccc1OC1CC(O)C(O)C(CO)O1. The Labute approximate surface area is 221 Å². The summed E-state index contributed by atoms with van der Waals surface area (Å²) in [6.45, 7) is 3.66. The van der Waals surface area contributed by atoms with Crippen LogP contribution < -0.4 is 10.1 Å². The second-order valence-electron chi connectivity index (χ2n) is 9.13. The molecule has 4 unspecified atom stereocenters. The predicted octanol–water partition coefficient (Wildman–Crippen LogP) is 0.247. The van der Waals surface area contributed by atoms with Gasteiger partial charge >= 0.3 is 6.09 Å². The summed E-state index contributed by atoms with van der Waals surface area (Å²) in [5.74, 6) is -0.706. The number of aliphatic hydroxyl groups is 3. The Morgan fingerprint density at radius 2 is 1.89 bits per heavy atom. The number of hydrogen-bond acceptors (Lipinski definition) is 10. The van der Waals surface area contributed by atoms with Gasteiger partial charge in [0.1, 0.15) is 31.1 Å². The van der Waals surface area contributed by atoms with Crippen molar-refractivity contribution in [2.45, 2.75) is 70.9 Å². The van der Waals surface area contributed by atoms with Gasteiger partial charge in [0.25, 0.3) is 0 Å². The summed E-state index contributed by atoms with van der Waals surface area (Å²) in [5.41, 5.74) is 0.769. The van der Waals surface area contributed by atoms with E-state index >= 15 is 0 Å². The molecule has 0 bridgehead atoms. The summed E-state index contributed by atoms with van der Waals surface area (Å²) >= 11 is 0. The molecule has 1 aromatic carbocycles. The van der Waals surface area contributed by atoms with Gasteiger partial charge in [-0.05, 0) is 31.5 Å². The number of nitrogens with zero attached hydrogens (tertiary/aromatic N) is 2. The number of likely N-dealkylation sites (N-methyl/N-ethyl adjacent to an activating group) is 2. The van der Waals surface area contributed by atoms with Gasteiger partial charge in [-0.25, -0.2) is 4.79 Å². The zero-order valence-electron chi connectivity index (χ0n) is 22.2. The van der Waals surface area contributed by atoms with Crippen molar-refractivity contribution >= 4 is 29.4 Å². The lowest BCUT2D eigenvalue weighted by Gasteiger charge is -2.36. The number of anilines is 1. The van der Waals surface area contributed by atoms with Crippen LogP contribution in [0.25, 0.3) is 0 Å². The van der Waals surface area contributed by atoms with Crippen LogP contribution in [0.5, 0.6) is 5.75 Å². The van der Waals surface area contributed by atoms with Gasteiger partial charge in [0.15, 0.2) is 5.78 Å². The molecule has 1 saturated heterocycles. The molecule has 0 aliphatic carbocycles. The second-order valence-corrected chi connectivity index (χ2v) is 9.13. The monoisotopic (exact) mass is 539 g/mol. The molecule has 13 nitrogen and oxygen atoms in total. The molecule has 0 spiro atoms. The van der Waals surface area contributed by atoms with Crippen molar-refractivity contribution in [3.63, 3.8) is 0 Å². The molecule has 0 radical (unpaired) electrons. The summed E-state index contributed by atoms with van der Waals surface area (Å²) in [4.78, 5) is 50.7. The number of ketones is 1. The summed E-state index contributed by atoms with van der Waals surface area (Å²) in [7, 11) is 2.88. The van der Waals surface area contributed by atoms with Crippen LogP contribution in [0.4, 0.5) is 10.5 Å². The quantitative estimate of drug-likeness (QED) is 0.305. The van der Waals surface area contributed by atoms with E-state index in [2.05, 4.69) is 5.32 Å². The van der Waals surface area contributed by atoms with Crippen LogP contribution in [0.2, 0.25) is 0 Å². The molecule has 212 valence electrons. The van der Waals surface area contributed by atoms with Gasteiger partial charge in [-0.2, -0.15) is 0 Å². The molecule has 1 aliphatic rings. The molecular weight excluding hydrogens is 502 g/mol. The Hall–Kier alpha value is -3.26. The topological polar surface area (TPSA) is 175 Å². The Balaban J connectivity index is 2.07. The summed E-state index contributed by atoms with van der Waals surface area (Å²) in [6, 6.07) is 4.04. The summed E-state index contributed by atoms with van der Waals surface area (Å²) < 4.78 is 16.6. The summed E-state index contributed by atoms with van der Waals surface area (Å²) in [6.07, 6.45) is -5.11. The molecular formula is C25H37N3O10. The van der Waals surface area contributed by atoms with Crippen LogP contribution in [0.15, 0.2) is 18.2 Å². The first-order chi connectivity index (χ1) is 17.9. The van der Waals surface area contributed by atoms with Crippen LogP contribution in [-0.2, 0) is 30.5 Å². The first-order valence-corrected chi connectivity index (χ1v) is 12.2. The van der Waals surface area contributed by atoms with Crippen molar-refractivity contribution in [1.82, 2.24) is 9.80 Å². The molecule has 1 aromatic rings. The van der Waals surface area contributed by atoms with E-state index in [1.807, 2.05) is 0 Å². The molecule has 5 atom stereocenters. The van der Waals surface area contributed by atoms with E-state index in [-0.39, 0.29) is 49.1 Å². The maximum atomic E-state index is 12.4. The van der Waals surface area contributed by atoms with Crippen molar-refractivity contribution in [1.29, 1.82) is 0 Å². The van der Waals surface area contributed by atoms with E-state index in [0.29, 0.717) is 5.56 Å². The number of nitrogens with one attached hydrogen (secondary N) is 1. The Morgan fingerprint density at radius 1 is 1.21 bits per heavy atom. The van der Waals surface area contributed by atoms with Crippen LogP contribution in [0.3, 0.4) is 0 Å². The van der Waals surface area contributed by atoms with Gasteiger partial charge in [0.05, 0.1) is 24.4 Å². The highest BCUT2D eigenvalue weighted by atomic mass is 16.7. The lowest BCUT2D eigenvalue weighted by atomic mass is 10.0. The third-order valence-corrected chi connectivity index (χ3v) is 6.22. The van der Waals surface area contributed by atoms with Gasteiger partial charge in [-0.1, -0.05) is 13.0 Å². The number of hydrogen-bond donors (Lipinski definition) is 4. The first kappa shape index (κ1) is 31.0. The van der Waals surface area contributed by atoms with Gasteiger partial charge in [0, 0.05) is 26.9 Å². The highest BCUT2D eigenvalue weighted by molar-refractivity contribution is 5.92. The fraction of sp³-hybridized carbons (Fsp3) is 0.600. The zero-order chi connectivity index (χ0) is 28.6. The number of carbonyl (C=O) groups excluding carboxylic acids is 4. The number of Topliss-reactive ketones (excluding diaryl/α,β-unsaturated/α-hetero) is 1. The van der Waals surface area contributed by atoms with E-state index in [1.165, 1.54) is 32.0 Å². The Kier molecular flexibility index (Phi) is 11.4. The van der Waals surface area contributed by atoms with Gasteiger partial charge in [-0.3, -0.25) is 14.4 Å². The van der Waals surface area contributed by atoms with Crippen LogP contribution in [-0.4, -0.2) is 107 Å². The molecule has 0 aromatic heterocycles. The fourth-order valence-electron chi connectivity index (χ4n) is 3.51. The molecule has 2 rings (SSSR count). The Morgan fingerprint density at radius 3 is 2.50 bits per heavy atom. The molecule has 38 heavy (non-hydrogen) atoms. The molecule has 3 amide bonds. The smallest absolute Gasteiger partial charge is 0.410 e. The van der Waals surface area contributed by atoms with E-state index in [0.717, 1.165) is 4.90 Å². The van der Waals surface area contributed by atoms with Crippen molar-refractivity contribution < 1.29 is 48.7 Å². The standard InChI is InChI=1S/C25H37N3O10/c1-6-21(32)26-17-9-16(7-8-19(17)37-23-10-18(31)24(34)20(12-29)38-23)13-36-25(35)27(4)11-22(33)28(5)14(2)15(3)30/h7-9,14,18,20,23-24,29,31,34H,6,10-13H2,1-5H3,(H,26,32)/t14-,18?,20?,23?,24?/m0/s1. The minimum Gasteiger partial charge on any atom is -0.463 e. The second kappa shape index (κ2) is 14.0. The van der Waals surface area contributed by atoms with Crippen LogP contribution >= 0.6 is 0 Å². The van der Waals surface area contributed by atoms with Crippen molar-refractivity contribution in [2.75, 3.05) is 32.6 Å². The van der Waals surface area contributed by atoms with Gasteiger partial charge in [0.2, 0.25) is 18.1 Å². The lowest BCUT2D eigenvalue weighted by Crippen LogP contribution is -2.51. The van der Waals surface area contributed by atoms with E-state index in [9.17, 15) is 34.5 Å². The number of rotatable bonds is 11. The minimum absolute atomic E-state index is 0.0658. The maximum Gasteiger partial charge on any atom is 0.410 e. The number of amides is 3. The number of carbonyl (C=O) groups is 4. The maximum absolute atomic E-state index is 12.4. The number of aliphatic hydroxyl groups excluding tert-OH is 3.